The molecule has 0 aliphatic rings. The van der Waals surface area contributed by atoms with Crippen molar-refractivity contribution in [2.75, 3.05) is 7.11 Å². The molecule has 0 saturated carbocycles. The molecule has 0 fully saturated rings. The number of nitrogens with zero attached hydrogens (tertiary/aromatic N) is 2. The quantitative estimate of drug-likeness (QED) is 0.699. The van der Waals surface area contributed by atoms with Crippen molar-refractivity contribution in [1.82, 2.24) is 15.1 Å². The minimum absolute atomic E-state index is 0.130. The van der Waals surface area contributed by atoms with Crippen LogP contribution in [-0.2, 0) is 17.9 Å². The number of aromatic nitrogens is 2. The van der Waals surface area contributed by atoms with E-state index in [0.717, 1.165) is 20.9 Å². The zero-order chi connectivity index (χ0) is 17.6. The minimum atomic E-state index is -0.569. The fourth-order valence-electron chi connectivity index (χ4n) is 2.29. The highest BCUT2D eigenvalue weighted by atomic mass is 32.1. The summed E-state index contributed by atoms with van der Waals surface area (Å²) in [6.45, 7) is 0.516. The Hall–Kier alpha value is -2.87. The standard InChI is InChI=1S/C17H17N3O4S/c1-23-13-6-3-2-5-12(13)11-18-15(21)8-9-20-17(22)24-16(19-20)14-7-4-10-25-14/h2-7,10H,8-9,11H2,1H3,(H,18,21). The van der Waals surface area contributed by atoms with Crippen molar-refractivity contribution >= 4 is 17.2 Å². The Morgan fingerprint density at radius 2 is 2.16 bits per heavy atom. The Balaban J connectivity index is 1.55. The Morgan fingerprint density at radius 3 is 2.92 bits per heavy atom. The van der Waals surface area contributed by atoms with E-state index in [9.17, 15) is 9.59 Å². The van der Waals surface area contributed by atoms with Crippen LogP contribution in [0, 0.1) is 0 Å². The molecule has 0 spiro atoms. The molecule has 0 aliphatic heterocycles. The first-order valence-electron chi connectivity index (χ1n) is 7.68. The Labute approximate surface area is 147 Å². The average Bonchev–Trinajstić information content (AvgIpc) is 3.28. The second-order valence-corrected chi connectivity index (χ2v) is 6.16. The molecule has 3 aromatic rings. The predicted molar refractivity (Wildman–Crippen MR) is 93.5 cm³/mol. The number of hydrogen-bond donors (Lipinski definition) is 1. The third-order valence-electron chi connectivity index (χ3n) is 3.56. The van der Waals surface area contributed by atoms with Crippen LogP contribution in [0.4, 0.5) is 0 Å². The highest BCUT2D eigenvalue weighted by molar-refractivity contribution is 7.13. The smallest absolute Gasteiger partial charge is 0.437 e. The minimum Gasteiger partial charge on any atom is -0.496 e. The monoisotopic (exact) mass is 359 g/mol. The maximum absolute atomic E-state index is 12.0. The molecule has 3 rings (SSSR count). The number of methoxy groups -OCH3 is 1. The highest BCUT2D eigenvalue weighted by Crippen LogP contribution is 2.21. The van der Waals surface area contributed by atoms with Gasteiger partial charge in [-0.2, -0.15) is 4.68 Å². The molecular formula is C17H17N3O4S. The number of aryl methyl sites for hydroxylation is 1. The summed E-state index contributed by atoms with van der Waals surface area (Å²) >= 11 is 1.43. The van der Waals surface area contributed by atoms with E-state index in [1.807, 2.05) is 41.8 Å². The van der Waals surface area contributed by atoms with Crippen molar-refractivity contribution in [3.05, 3.63) is 57.9 Å². The lowest BCUT2D eigenvalue weighted by Crippen LogP contribution is -2.26. The van der Waals surface area contributed by atoms with E-state index >= 15 is 0 Å². The van der Waals surface area contributed by atoms with Crippen LogP contribution < -0.4 is 15.8 Å². The van der Waals surface area contributed by atoms with Gasteiger partial charge in [-0.3, -0.25) is 4.79 Å². The zero-order valence-electron chi connectivity index (χ0n) is 13.6. The third-order valence-corrected chi connectivity index (χ3v) is 4.42. The molecular weight excluding hydrogens is 342 g/mol. The molecule has 0 atom stereocenters. The van der Waals surface area contributed by atoms with Crippen LogP contribution in [0.5, 0.6) is 5.75 Å². The molecule has 1 amide bonds. The van der Waals surface area contributed by atoms with Gasteiger partial charge in [-0.25, -0.2) is 4.79 Å². The summed E-state index contributed by atoms with van der Waals surface area (Å²) in [6, 6.07) is 11.1. The summed E-state index contributed by atoms with van der Waals surface area (Å²) in [5.74, 6) is 0.241. The van der Waals surface area contributed by atoms with Gasteiger partial charge in [0.25, 0.3) is 5.89 Å². The van der Waals surface area contributed by atoms with Crippen molar-refractivity contribution in [1.29, 1.82) is 0 Å². The fourth-order valence-corrected chi connectivity index (χ4v) is 2.93. The van der Waals surface area contributed by atoms with E-state index in [4.69, 9.17) is 9.15 Å². The molecule has 2 heterocycles. The van der Waals surface area contributed by atoms with Gasteiger partial charge in [-0.1, -0.05) is 24.3 Å². The largest absolute Gasteiger partial charge is 0.496 e. The summed E-state index contributed by atoms with van der Waals surface area (Å²) in [7, 11) is 1.59. The summed E-state index contributed by atoms with van der Waals surface area (Å²) in [4.78, 5) is 24.6. The number of benzene rings is 1. The van der Waals surface area contributed by atoms with Gasteiger partial charge in [0, 0.05) is 18.5 Å². The molecule has 2 aromatic heterocycles. The molecule has 7 nitrogen and oxygen atoms in total. The van der Waals surface area contributed by atoms with Gasteiger partial charge in [0.2, 0.25) is 5.91 Å². The molecule has 130 valence electrons. The van der Waals surface area contributed by atoms with Crippen molar-refractivity contribution in [2.24, 2.45) is 0 Å². The van der Waals surface area contributed by atoms with Crippen LogP contribution in [0.3, 0.4) is 0 Å². The lowest BCUT2D eigenvalue weighted by molar-refractivity contribution is -0.121. The summed E-state index contributed by atoms with van der Waals surface area (Å²) in [5, 5.41) is 8.80. The van der Waals surface area contributed by atoms with Gasteiger partial charge in [0.05, 0.1) is 18.5 Å². The van der Waals surface area contributed by atoms with Crippen LogP contribution in [-0.4, -0.2) is 22.8 Å². The Bertz CT molecular complexity index is 899. The van der Waals surface area contributed by atoms with Crippen molar-refractivity contribution in [3.63, 3.8) is 0 Å². The number of amides is 1. The molecule has 0 radical (unpaired) electrons. The Kier molecular flexibility index (Phi) is 5.30. The SMILES string of the molecule is COc1ccccc1CNC(=O)CCn1nc(-c2cccs2)oc1=O. The zero-order valence-corrected chi connectivity index (χ0v) is 14.4. The number of nitrogens with one attached hydrogen (secondary N) is 1. The fraction of sp³-hybridized carbons (Fsp3) is 0.235. The molecule has 0 saturated heterocycles. The number of carbonyl (C=O) groups is 1. The molecule has 0 unspecified atom stereocenters. The van der Waals surface area contributed by atoms with E-state index in [1.165, 1.54) is 11.3 Å². The van der Waals surface area contributed by atoms with Gasteiger partial charge in [0.1, 0.15) is 5.75 Å². The first-order valence-corrected chi connectivity index (χ1v) is 8.56. The number of thiophene rings is 1. The van der Waals surface area contributed by atoms with E-state index in [2.05, 4.69) is 10.4 Å². The van der Waals surface area contributed by atoms with E-state index in [0.29, 0.717) is 6.54 Å². The van der Waals surface area contributed by atoms with E-state index in [-0.39, 0.29) is 24.8 Å². The van der Waals surface area contributed by atoms with Crippen LogP contribution in [0.2, 0.25) is 0 Å². The second-order valence-electron chi connectivity index (χ2n) is 5.21. The maximum atomic E-state index is 12.0. The van der Waals surface area contributed by atoms with Gasteiger partial charge in [0.15, 0.2) is 0 Å². The molecule has 0 aliphatic carbocycles. The van der Waals surface area contributed by atoms with Gasteiger partial charge in [-0.15, -0.1) is 16.4 Å². The molecule has 0 bridgehead atoms. The normalized spacial score (nSPS) is 10.6. The van der Waals surface area contributed by atoms with Crippen LogP contribution in [0.15, 0.2) is 51.0 Å². The van der Waals surface area contributed by atoms with Gasteiger partial charge in [-0.05, 0) is 17.5 Å². The van der Waals surface area contributed by atoms with Gasteiger partial charge >= 0.3 is 5.76 Å². The Morgan fingerprint density at radius 1 is 1.32 bits per heavy atom. The predicted octanol–water partition coefficient (Wildman–Crippen LogP) is 2.28. The molecule has 8 heteroatoms. The lowest BCUT2D eigenvalue weighted by atomic mass is 10.2. The van der Waals surface area contributed by atoms with Gasteiger partial charge < -0.3 is 14.5 Å². The first-order chi connectivity index (χ1) is 12.2. The number of carbonyl (C=O) groups excluding carboxylic acids is 1. The third kappa shape index (κ3) is 4.16. The highest BCUT2D eigenvalue weighted by Gasteiger charge is 2.12. The molecule has 1 N–H and O–H groups in total. The first kappa shape index (κ1) is 17.0. The van der Waals surface area contributed by atoms with E-state index < -0.39 is 5.76 Å². The summed E-state index contributed by atoms with van der Waals surface area (Å²) < 4.78 is 11.5. The number of para-hydroxylation sites is 1. The topological polar surface area (TPSA) is 86.4 Å². The second kappa shape index (κ2) is 7.80. The van der Waals surface area contributed by atoms with E-state index in [1.54, 1.807) is 7.11 Å². The van der Waals surface area contributed by atoms with Crippen LogP contribution in [0.1, 0.15) is 12.0 Å². The maximum Gasteiger partial charge on any atom is 0.437 e. The number of hydrogen-bond acceptors (Lipinski definition) is 6. The lowest BCUT2D eigenvalue weighted by Gasteiger charge is -2.09. The average molecular weight is 359 g/mol. The summed E-state index contributed by atoms with van der Waals surface area (Å²) in [5.41, 5.74) is 0.886. The summed E-state index contributed by atoms with van der Waals surface area (Å²) in [6.07, 6.45) is 0.130. The van der Waals surface area contributed by atoms with Crippen LogP contribution >= 0.6 is 11.3 Å². The molecule has 1 aromatic carbocycles. The van der Waals surface area contributed by atoms with Crippen molar-refractivity contribution < 1.29 is 13.9 Å². The van der Waals surface area contributed by atoms with Crippen molar-refractivity contribution in [3.8, 4) is 16.5 Å². The van der Waals surface area contributed by atoms with Crippen molar-refractivity contribution in [2.45, 2.75) is 19.5 Å². The van der Waals surface area contributed by atoms with Crippen LogP contribution in [0.25, 0.3) is 10.8 Å². The number of ether oxygens (including phenoxy) is 1. The number of rotatable bonds is 7. The molecule has 25 heavy (non-hydrogen) atoms.